The second-order valence-corrected chi connectivity index (χ2v) is 3.43. The summed E-state index contributed by atoms with van der Waals surface area (Å²) in [6.07, 6.45) is 0.421. The number of hydrogen-bond donors (Lipinski definition) is 0. The van der Waals surface area contributed by atoms with Crippen LogP contribution in [0.25, 0.3) is 11.0 Å². The van der Waals surface area contributed by atoms with Crippen molar-refractivity contribution in [2.75, 3.05) is 0 Å². The lowest BCUT2D eigenvalue weighted by molar-refractivity contribution is 0.553. The van der Waals surface area contributed by atoms with Crippen LogP contribution in [0.4, 0.5) is 0 Å². The highest BCUT2D eigenvalue weighted by molar-refractivity contribution is 6.31. The molecule has 2 rings (SSSR count). The molecule has 0 aliphatic rings. The lowest BCUT2D eigenvalue weighted by Crippen LogP contribution is -2.05. The Morgan fingerprint density at radius 2 is 2.14 bits per heavy atom. The molecule has 2 nitrogen and oxygen atoms in total. The zero-order valence-corrected chi connectivity index (χ0v) is 8.17. The molecule has 1 aromatic carbocycles. The second kappa shape index (κ2) is 3.46. The van der Waals surface area contributed by atoms with E-state index in [1.807, 2.05) is 0 Å². The first-order valence-corrected chi connectivity index (χ1v) is 4.60. The van der Waals surface area contributed by atoms with Crippen LogP contribution in [0.2, 0.25) is 5.02 Å². The minimum atomic E-state index is -0.324. The highest BCUT2D eigenvalue weighted by Crippen LogP contribution is 2.18. The Balaban J connectivity index is 2.80. The number of benzene rings is 1. The van der Waals surface area contributed by atoms with E-state index in [1.54, 1.807) is 24.3 Å². The van der Waals surface area contributed by atoms with E-state index in [0.717, 1.165) is 5.39 Å². The minimum Gasteiger partial charge on any atom is -0.423 e. The molecule has 0 saturated heterocycles. The van der Waals surface area contributed by atoms with Crippen molar-refractivity contribution >= 4 is 22.6 Å². The fraction of sp³-hybridized carbons (Fsp3) is 0.0909. The molecule has 0 aliphatic heterocycles. The first kappa shape index (κ1) is 9.28. The summed E-state index contributed by atoms with van der Waals surface area (Å²) in [5, 5.41) is 1.46. The molecule has 0 N–H and O–H groups in total. The van der Waals surface area contributed by atoms with E-state index < -0.39 is 0 Å². The molecule has 0 saturated carbocycles. The van der Waals surface area contributed by atoms with Crippen molar-refractivity contribution in [3.63, 3.8) is 0 Å². The van der Waals surface area contributed by atoms with Gasteiger partial charge in [-0.15, -0.1) is 0 Å². The average molecular weight is 208 g/mol. The molecule has 1 heterocycles. The van der Waals surface area contributed by atoms with Crippen molar-refractivity contribution in [2.45, 2.75) is 6.42 Å². The van der Waals surface area contributed by atoms with E-state index >= 15 is 0 Å². The third-order valence-corrected chi connectivity index (χ3v) is 2.27. The molecule has 0 spiro atoms. The smallest absolute Gasteiger partial charge is 0.339 e. The van der Waals surface area contributed by atoms with Gasteiger partial charge in [0.2, 0.25) is 0 Å². The monoisotopic (exact) mass is 207 g/mol. The van der Waals surface area contributed by atoms with Crippen molar-refractivity contribution in [1.82, 2.24) is 0 Å². The molecule has 0 fully saturated rings. The summed E-state index contributed by atoms with van der Waals surface area (Å²) < 4.78 is 5.08. The largest absolute Gasteiger partial charge is 0.423 e. The van der Waals surface area contributed by atoms with Gasteiger partial charge in [0.25, 0.3) is 0 Å². The van der Waals surface area contributed by atoms with Gasteiger partial charge in [-0.05, 0) is 37.6 Å². The molecule has 14 heavy (non-hydrogen) atoms. The van der Waals surface area contributed by atoms with Gasteiger partial charge >= 0.3 is 5.63 Å². The van der Waals surface area contributed by atoms with E-state index in [2.05, 4.69) is 6.92 Å². The highest BCUT2D eigenvalue weighted by Gasteiger charge is 2.03. The Labute approximate surface area is 86.1 Å². The van der Waals surface area contributed by atoms with Crippen LogP contribution in [0.15, 0.2) is 33.5 Å². The van der Waals surface area contributed by atoms with Crippen molar-refractivity contribution in [3.05, 3.63) is 52.2 Å². The zero-order valence-electron chi connectivity index (χ0n) is 7.42. The van der Waals surface area contributed by atoms with Crippen molar-refractivity contribution in [2.24, 2.45) is 0 Å². The quantitative estimate of drug-likeness (QED) is 0.674. The van der Waals surface area contributed by atoms with Gasteiger partial charge in [-0.2, -0.15) is 0 Å². The Morgan fingerprint density at radius 1 is 1.36 bits per heavy atom. The summed E-state index contributed by atoms with van der Waals surface area (Å²) in [5.41, 5.74) is 0.797. The van der Waals surface area contributed by atoms with Gasteiger partial charge in [0.1, 0.15) is 5.58 Å². The number of fused-ring (bicyclic) bond motifs is 1. The van der Waals surface area contributed by atoms with Crippen molar-refractivity contribution in [3.8, 4) is 0 Å². The standard InChI is InChI=1S/C11H8ClO2/c1-2-7-5-8-6-9(12)3-4-10(8)14-11(7)13/h3-6H,1-2H2. The molecular weight excluding hydrogens is 200 g/mol. The Bertz CT molecular complexity index is 528. The topological polar surface area (TPSA) is 30.2 Å². The van der Waals surface area contributed by atoms with Gasteiger partial charge in [-0.1, -0.05) is 11.6 Å². The summed E-state index contributed by atoms with van der Waals surface area (Å²) in [5.74, 6) is 0. The maximum absolute atomic E-state index is 11.3. The zero-order chi connectivity index (χ0) is 10.1. The molecule has 0 amide bonds. The Hall–Kier alpha value is -1.28. The predicted molar refractivity (Wildman–Crippen MR) is 56.6 cm³/mol. The molecular formula is C11H8ClO2. The Kier molecular flexibility index (Phi) is 2.30. The molecule has 1 aromatic heterocycles. The summed E-state index contributed by atoms with van der Waals surface area (Å²) >= 11 is 5.82. The van der Waals surface area contributed by atoms with Crippen LogP contribution in [0.1, 0.15) is 5.56 Å². The second-order valence-electron chi connectivity index (χ2n) is 2.99. The van der Waals surface area contributed by atoms with Crippen LogP contribution < -0.4 is 5.63 Å². The number of rotatable bonds is 1. The van der Waals surface area contributed by atoms with Gasteiger partial charge < -0.3 is 4.42 Å². The van der Waals surface area contributed by atoms with E-state index in [0.29, 0.717) is 22.6 Å². The van der Waals surface area contributed by atoms with Gasteiger partial charge in [-0.3, -0.25) is 0 Å². The van der Waals surface area contributed by atoms with E-state index in [1.165, 1.54) is 0 Å². The first-order valence-electron chi connectivity index (χ1n) is 4.22. The molecule has 0 bridgehead atoms. The molecule has 0 atom stereocenters. The SMILES string of the molecule is [CH2]Cc1cc2cc(Cl)ccc2oc1=O. The van der Waals surface area contributed by atoms with Crippen LogP contribution >= 0.6 is 11.6 Å². The summed E-state index contributed by atoms with van der Waals surface area (Å²) in [4.78, 5) is 11.3. The molecule has 1 radical (unpaired) electrons. The number of halogens is 1. The van der Waals surface area contributed by atoms with Crippen LogP contribution in [0, 0.1) is 6.92 Å². The molecule has 0 aliphatic carbocycles. The fourth-order valence-corrected chi connectivity index (χ4v) is 1.49. The van der Waals surface area contributed by atoms with Gasteiger partial charge in [0.05, 0.1) is 0 Å². The Morgan fingerprint density at radius 3 is 2.86 bits per heavy atom. The lowest BCUT2D eigenvalue weighted by atomic mass is 10.1. The normalized spacial score (nSPS) is 10.7. The third kappa shape index (κ3) is 1.53. The molecule has 0 unspecified atom stereocenters. The van der Waals surface area contributed by atoms with Crippen LogP contribution in [0.5, 0.6) is 0 Å². The maximum atomic E-state index is 11.3. The molecule has 2 aromatic rings. The average Bonchev–Trinajstić information content (AvgIpc) is 2.17. The minimum absolute atomic E-state index is 0.324. The summed E-state index contributed by atoms with van der Waals surface area (Å²) in [7, 11) is 0. The maximum Gasteiger partial charge on any atom is 0.339 e. The van der Waals surface area contributed by atoms with Crippen LogP contribution in [-0.4, -0.2) is 0 Å². The number of hydrogen-bond acceptors (Lipinski definition) is 2. The predicted octanol–water partition coefficient (Wildman–Crippen LogP) is 2.82. The van der Waals surface area contributed by atoms with E-state index in [9.17, 15) is 4.79 Å². The first-order chi connectivity index (χ1) is 6.70. The van der Waals surface area contributed by atoms with Gasteiger partial charge in [0, 0.05) is 16.0 Å². The van der Waals surface area contributed by atoms with Gasteiger partial charge in [-0.25, -0.2) is 4.79 Å². The fourth-order valence-electron chi connectivity index (χ4n) is 1.31. The lowest BCUT2D eigenvalue weighted by Gasteiger charge is -1.99. The van der Waals surface area contributed by atoms with Crippen LogP contribution in [-0.2, 0) is 6.42 Å². The highest BCUT2D eigenvalue weighted by atomic mass is 35.5. The van der Waals surface area contributed by atoms with Crippen LogP contribution in [0.3, 0.4) is 0 Å². The molecule has 3 heteroatoms. The summed E-state index contributed by atoms with van der Waals surface area (Å²) in [6.45, 7) is 3.65. The van der Waals surface area contributed by atoms with E-state index in [-0.39, 0.29) is 5.63 Å². The van der Waals surface area contributed by atoms with E-state index in [4.69, 9.17) is 16.0 Å². The molecule has 71 valence electrons. The van der Waals surface area contributed by atoms with Crippen molar-refractivity contribution in [1.29, 1.82) is 0 Å². The third-order valence-electron chi connectivity index (χ3n) is 2.04. The van der Waals surface area contributed by atoms with Crippen molar-refractivity contribution < 1.29 is 4.42 Å². The summed E-state index contributed by atoms with van der Waals surface area (Å²) in [6, 6.07) is 6.90. The van der Waals surface area contributed by atoms with Gasteiger partial charge in [0.15, 0.2) is 0 Å².